The molecule has 1 amide bonds. The maximum atomic E-state index is 12.2. The minimum Gasteiger partial charge on any atom is -0.339 e. The number of amides is 1. The molecule has 20 heavy (non-hydrogen) atoms. The quantitative estimate of drug-likeness (QED) is 0.883. The van der Waals surface area contributed by atoms with Crippen LogP contribution in [0.1, 0.15) is 36.2 Å². The van der Waals surface area contributed by atoms with Gasteiger partial charge in [0.05, 0.1) is 0 Å². The van der Waals surface area contributed by atoms with E-state index in [1.165, 1.54) is 31.7 Å². The van der Waals surface area contributed by atoms with Crippen molar-refractivity contribution in [3.05, 3.63) is 34.2 Å². The van der Waals surface area contributed by atoms with E-state index in [1.807, 2.05) is 0 Å². The van der Waals surface area contributed by atoms with Gasteiger partial charge in [-0.1, -0.05) is 18.9 Å². The maximum Gasteiger partial charge on any atom is 0.270 e. The lowest BCUT2D eigenvalue weighted by Crippen LogP contribution is -2.38. The first kappa shape index (κ1) is 14.8. The van der Waals surface area contributed by atoms with Gasteiger partial charge in [-0.15, -0.1) is 0 Å². The van der Waals surface area contributed by atoms with Crippen molar-refractivity contribution in [3.8, 4) is 0 Å². The van der Waals surface area contributed by atoms with E-state index in [4.69, 9.17) is 0 Å². The van der Waals surface area contributed by atoms with E-state index >= 15 is 0 Å². The average Bonchev–Trinajstić information content (AvgIpc) is 2.97. The fraction of sp³-hybridized carbons (Fsp3) is 0.600. The predicted molar refractivity (Wildman–Crippen MR) is 78.9 cm³/mol. The van der Waals surface area contributed by atoms with Crippen molar-refractivity contribution in [3.63, 3.8) is 0 Å². The molecule has 1 N–H and O–H groups in total. The van der Waals surface area contributed by atoms with Gasteiger partial charge in [-0.25, -0.2) is 0 Å². The Labute approximate surface area is 119 Å². The first-order valence-electron chi connectivity index (χ1n) is 7.23. The lowest BCUT2D eigenvalue weighted by Gasteiger charge is -2.26. The van der Waals surface area contributed by atoms with Gasteiger partial charge in [-0.3, -0.25) is 9.59 Å². The number of aromatic amines is 1. The average molecular weight is 277 g/mol. The molecule has 0 bridgehead atoms. The first-order chi connectivity index (χ1) is 9.58. The van der Waals surface area contributed by atoms with Gasteiger partial charge < -0.3 is 14.8 Å². The Balaban J connectivity index is 1.86. The number of carbonyl (C=O) groups is 1. The minimum atomic E-state index is -0.243. The van der Waals surface area contributed by atoms with Crippen LogP contribution < -0.4 is 5.56 Å². The molecule has 0 spiro atoms. The summed E-state index contributed by atoms with van der Waals surface area (Å²) >= 11 is 0. The normalized spacial score (nSPS) is 15.8. The molecular weight excluding hydrogens is 254 g/mol. The Morgan fingerprint density at radius 2 is 1.95 bits per heavy atom. The Bertz CT molecular complexity index is 506. The second-order valence-corrected chi connectivity index (χ2v) is 5.57. The van der Waals surface area contributed by atoms with Gasteiger partial charge >= 0.3 is 0 Å². The molecule has 0 radical (unpaired) electrons. The topological polar surface area (TPSA) is 56.4 Å². The Hall–Kier alpha value is -1.62. The first-order valence-corrected chi connectivity index (χ1v) is 7.23. The van der Waals surface area contributed by atoms with Crippen LogP contribution in [0, 0.1) is 0 Å². The summed E-state index contributed by atoms with van der Waals surface area (Å²) in [6, 6.07) is 5.31. The molecule has 1 aliphatic rings. The van der Waals surface area contributed by atoms with Gasteiger partial charge in [0, 0.05) is 32.2 Å². The second-order valence-electron chi connectivity index (χ2n) is 5.57. The van der Waals surface area contributed by atoms with Gasteiger partial charge in [0.1, 0.15) is 5.69 Å². The molecule has 0 aliphatic heterocycles. The standard InChI is InChI=1S/C15H23N3O2/c1-17(12-6-3-4-7-12)10-11-18(2)15(20)13-8-5-9-14(19)16-13/h5,8-9,12H,3-4,6-7,10-11H2,1-2H3,(H,16,19). The van der Waals surface area contributed by atoms with Crippen molar-refractivity contribution < 1.29 is 4.79 Å². The van der Waals surface area contributed by atoms with E-state index in [0.717, 1.165) is 6.54 Å². The van der Waals surface area contributed by atoms with Gasteiger partial charge in [0.25, 0.3) is 5.91 Å². The number of hydrogen-bond acceptors (Lipinski definition) is 3. The third kappa shape index (κ3) is 3.70. The SMILES string of the molecule is CN(CCN(C)C1CCCC1)C(=O)c1cccc(=O)[nH]1. The van der Waals surface area contributed by atoms with Crippen LogP contribution in [0.2, 0.25) is 0 Å². The largest absolute Gasteiger partial charge is 0.339 e. The van der Waals surface area contributed by atoms with Crippen LogP contribution in [-0.2, 0) is 0 Å². The van der Waals surface area contributed by atoms with Crippen LogP contribution in [0.15, 0.2) is 23.0 Å². The van der Waals surface area contributed by atoms with Crippen LogP contribution in [-0.4, -0.2) is 53.9 Å². The van der Waals surface area contributed by atoms with Gasteiger partial charge in [-0.2, -0.15) is 0 Å². The third-order valence-corrected chi connectivity index (χ3v) is 4.08. The number of hydrogen-bond donors (Lipinski definition) is 1. The molecule has 1 heterocycles. The van der Waals surface area contributed by atoms with Gasteiger partial charge in [0.15, 0.2) is 0 Å². The summed E-state index contributed by atoms with van der Waals surface area (Å²) in [6.45, 7) is 1.53. The summed E-state index contributed by atoms with van der Waals surface area (Å²) < 4.78 is 0. The number of nitrogens with zero attached hydrogens (tertiary/aromatic N) is 2. The van der Waals surface area contributed by atoms with Crippen LogP contribution in [0.4, 0.5) is 0 Å². The summed E-state index contributed by atoms with van der Waals surface area (Å²) in [4.78, 5) is 30.0. The van der Waals surface area contributed by atoms with Crippen molar-refractivity contribution >= 4 is 5.91 Å². The second kappa shape index (κ2) is 6.70. The number of nitrogens with one attached hydrogen (secondary N) is 1. The Morgan fingerprint density at radius 3 is 2.60 bits per heavy atom. The van der Waals surface area contributed by atoms with E-state index in [-0.39, 0.29) is 11.5 Å². The zero-order valence-electron chi connectivity index (χ0n) is 12.3. The van der Waals surface area contributed by atoms with Crippen LogP contribution >= 0.6 is 0 Å². The summed E-state index contributed by atoms with van der Waals surface area (Å²) in [5.41, 5.74) is 0.107. The molecule has 1 aromatic heterocycles. The van der Waals surface area contributed by atoms with Crippen LogP contribution in [0.5, 0.6) is 0 Å². The van der Waals surface area contributed by atoms with Crippen LogP contribution in [0.3, 0.4) is 0 Å². The summed E-state index contributed by atoms with van der Waals surface area (Å²) in [7, 11) is 3.90. The fourth-order valence-corrected chi connectivity index (χ4v) is 2.72. The summed E-state index contributed by atoms with van der Waals surface area (Å²) in [5, 5.41) is 0. The summed E-state index contributed by atoms with van der Waals surface area (Å²) in [5.74, 6) is -0.137. The monoisotopic (exact) mass is 277 g/mol. The van der Waals surface area contributed by atoms with Crippen molar-refractivity contribution in [2.24, 2.45) is 0 Å². The molecule has 0 unspecified atom stereocenters. The van der Waals surface area contributed by atoms with Crippen molar-refractivity contribution in [1.82, 2.24) is 14.8 Å². The number of aromatic nitrogens is 1. The van der Waals surface area contributed by atoms with Crippen molar-refractivity contribution in [2.45, 2.75) is 31.7 Å². The molecule has 110 valence electrons. The number of likely N-dealkylation sites (N-methyl/N-ethyl adjacent to an activating group) is 2. The smallest absolute Gasteiger partial charge is 0.270 e. The molecule has 5 nitrogen and oxygen atoms in total. The maximum absolute atomic E-state index is 12.2. The lowest BCUT2D eigenvalue weighted by molar-refractivity contribution is 0.0768. The van der Waals surface area contributed by atoms with Crippen LogP contribution in [0.25, 0.3) is 0 Å². The third-order valence-electron chi connectivity index (χ3n) is 4.08. The number of carbonyl (C=O) groups excluding carboxylic acids is 1. The van der Waals surface area contributed by atoms with Gasteiger partial charge in [-0.05, 0) is 26.0 Å². The highest BCUT2D eigenvalue weighted by atomic mass is 16.2. The molecule has 1 aromatic rings. The van der Waals surface area contributed by atoms with E-state index in [1.54, 1.807) is 24.1 Å². The number of rotatable bonds is 5. The van der Waals surface area contributed by atoms with Crippen molar-refractivity contribution in [2.75, 3.05) is 27.2 Å². The molecule has 0 atom stereocenters. The predicted octanol–water partition coefficient (Wildman–Crippen LogP) is 1.32. The highest BCUT2D eigenvalue weighted by Gasteiger charge is 2.20. The van der Waals surface area contributed by atoms with E-state index in [0.29, 0.717) is 18.3 Å². The molecular formula is C15H23N3O2. The molecule has 5 heteroatoms. The highest BCUT2D eigenvalue weighted by Crippen LogP contribution is 2.21. The molecule has 1 aliphatic carbocycles. The molecule has 0 saturated heterocycles. The van der Waals surface area contributed by atoms with E-state index in [9.17, 15) is 9.59 Å². The van der Waals surface area contributed by atoms with Gasteiger partial charge in [0.2, 0.25) is 5.56 Å². The molecule has 2 rings (SSSR count). The van der Waals surface area contributed by atoms with E-state index < -0.39 is 0 Å². The van der Waals surface area contributed by atoms with Crippen molar-refractivity contribution in [1.29, 1.82) is 0 Å². The van der Waals surface area contributed by atoms with E-state index in [2.05, 4.69) is 16.9 Å². The highest BCUT2D eigenvalue weighted by molar-refractivity contribution is 5.91. The number of H-pyrrole nitrogens is 1. The summed E-state index contributed by atoms with van der Waals surface area (Å²) in [6.07, 6.45) is 5.16. The zero-order valence-corrected chi connectivity index (χ0v) is 12.3. The lowest BCUT2D eigenvalue weighted by atomic mass is 10.2. The fourth-order valence-electron chi connectivity index (χ4n) is 2.72. The molecule has 0 aromatic carbocycles. The molecule has 1 saturated carbocycles. The zero-order chi connectivity index (χ0) is 14.5. The molecule has 1 fully saturated rings. The minimum absolute atomic E-state index is 0.137. The Kier molecular flexibility index (Phi) is 4.95. The number of pyridine rings is 1. The Morgan fingerprint density at radius 1 is 1.25 bits per heavy atom.